The van der Waals surface area contributed by atoms with E-state index < -0.39 is 5.97 Å². The molecule has 1 aromatic carbocycles. The molecule has 88 valence electrons. The number of H-pyrrole nitrogens is 1. The molecule has 0 bridgehead atoms. The van der Waals surface area contributed by atoms with E-state index in [0.29, 0.717) is 12.2 Å². The zero-order chi connectivity index (χ0) is 12.3. The molecule has 1 heterocycles. The fraction of sp³-hybridized carbons (Fsp3) is 0.154. The van der Waals surface area contributed by atoms with E-state index in [1.165, 1.54) is 0 Å². The van der Waals surface area contributed by atoms with Gasteiger partial charge < -0.3 is 15.8 Å². The van der Waals surface area contributed by atoms with Crippen molar-refractivity contribution in [1.29, 1.82) is 0 Å². The third-order valence-electron chi connectivity index (χ3n) is 2.63. The second-order valence-corrected chi connectivity index (χ2v) is 3.88. The van der Waals surface area contributed by atoms with Gasteiger partial charge in [-0.25, -0.2) is 0 Å². The van der Waals surface area contributed by atoms with Crippen LogP contribution in [0.4, 0.5) is 5.82 Å². The molecular weight excluding hydrogens is 216 g/mol. The second kappa shape index (κ2) is 4.74. The van der Waals surface area contributed by atoms with Gasteiger partial charge in [0.2, 0.25) is 0 Å². The topological polar surface area (TPSA) is 79.1 Å². The maximum Gasteiger partial charge on any atom is 0.303 e. The fourth-order valence-electron chi connectivity index (χ4n) is 1.74. The molecule has 4 N–H and O–H groups in total. The summed E-state index contributed by atoms with van der Waals surface area (Å²) < 4.78 is 0. The summed E-state index contributed by atoms with van der Waals surface area (Å²) in [4.78, 5) is 13.6. The van der Waals surface area contributed by atoms with Crippen molar-refractivity contribution < 1.29 is 9.90 Å². The first-order valence-corrected chi connectivity index (χ1v) is 5.41. The Morgan fingerprint density at radius 1 is 1.29 bits per heavy atom. The quantitative estimate of drug-likeness (QED) is 0.753. The first-order valence-electron chi connectivity index (χ1n) is 5.41. The number of rotatable bonds is 4. The van der Waals surface area contributed by atoms with Crippen LogP contribution in [0.5, 0.6) is 0 Å². The number of anilines is 1. The molecule has 1 aromatic heterocycles. The summed E-state index contributed by atoms with van der Waals surface area (Å²) in [6.45, 7) is 0. The number of carbonyl (C=O) groups is 1. The van der Waals surface area contributed by atoms with Crippen LogP contribution in [0.15, 0.2) is 36.4 Å². The highest BCUT2D eigenvalue weighted by molar-refractivity contribution is 5.69. The van der Waals surface area contributed by atoms with Gasteiger partial charge in [0.05, 0.1) is 0 Å². The Bertz CT molecular complexity index is 517. The average molecular weight is 230 g/mol. The second-order valence-electron chi connectivity index (χ2n) is 3.88. The van der Waals surface area contributed by atoms with Crippen molar-refractivity contribution in [2.24, 2.45) is 0 Å². The number of nitrogens with two attached hydrogens (primary N) is 1. The molecule has 0 aliphatic carbocycles. The van der Waals surface area contributed by atoms with E-state index in [-0.39, 0.29) is 6.42 Å². The molecule has 0 amide bonds. The van der Waals surface area contributed by atoms with E-state index in [1.807, 2.05) is 36.4 Å². The van der Waals surface area contributed by atoms with Crippen LogP contribution >= 0.6 is 0 Å². The average Bonchev–Trinajstić information content (AvgIpc) is 2.69. The number of hydrogen-bond acceptors (Lipinski definition) is 2. The first-order chi connectivity index (χ1) is 8.16. The lowest BCUT2D eigenvalue weighted by atomic mass is 10.1. The van der Waals surface area contributed by atoms with Gasteiger partial charge in [-0.2, -0.15) is 0 Å². The third kappa shape index (κ3) is 2.66. The summed E-state index contributed by atoms with van der Waals surface area (Å²) in [5.74, 6) is -0.267. The standard InChI is InChI=1S/C13H14N2O2/c14-13-10(6-7-12(16)17)8-11(15-13)9-4-2-1-3-5-9/h1-5,8,15H,6-7,14H2,(H,16,17). The van der Waals surface area contributed by atoms with Crippen molar-refractivity contribution in [2.45, 2.75) is 12.8 Å². The van der Waals surface area contributed by atoms with Crippen molar-refractivity contribution >= 4 is 11.8 Å². The smallest absolute Gasteiger partial charge is 0.303 e. The number of nitrogens with one attached hydrogen (secondary N) is 1. The molecule has 0 spiro atoms. The minimum absolute atomic E-state index is 0.0935. The number of benzene rings is 1. The van der Waals surface area contributed by atoms with Crippen molar-refractivity contribution in [3.05, 3.63) is 42.0 Å². The number of aliphatic carboxylic acids is 1. The van der Waals surface area contributed by atoms with Gasteiger partial charge in [0.25, 0.3) is 0 Å². The molecule has 0 atom stereocenters. The van der Waals surface area contributed by atoms with Crippen molar-refractivity contribution in [3.63, 3.8) is 0 Å². The van der Waals surface area contributed by atoms with Crippen molar-refractivity contribution in [3.8, 4) is 11.3 Å². The Balaban J connectivity index is 2.22. The lowest BCUT2D eigenvalue weighted by Gasteiger charge is -1.95. The summed E-state index contributed by atoms with van der Waals surface area (Å²) in [7, 11) is 0. The molecule has 0 fully saturated rings. The molecule has 0 radical (unpaired) electrons. The van der Waals surface area contributed by atoms with Gasteiger partial charge in [0.15, 0.2) is 0 Å². The fourth-order valence-corrected chi connectivity index (χ4v) is 1.74. The molecule has 0 saturated heterocycles. The number of hydrogen-bond donors (Lipinski definition) is 3. The zero-order valence-electron chi connectivity index (χ0n) is 9.31. The van der Waals surface area contributed by atoms with E-state index in [0.717, 1.165) is 16.8 Å². The van der Waals surface area contributed by atoms with Gasteiger partial charge in [-0.15, -0.1) is 0 Å². The van der Waals surface area contributed by atoms with E-state index >= 15 is 0 Å². The predicted molar refractivity (Wildman–Crippen MR) is 66.6 cm³/mol. The van der Waals surface area contributed by atoms with Crippen LogP contribution in [-0.4, -0.2) is 16.1 Å². The van der Waals surface area contributed by atoms with Gasteiger partial charge >= 0.3 is 5.97 Å². The molecule has 0 unspecified atom stereocenters. The van der Waals surface area contributed by atoms with Gasteiger partial charge in [0, 0.05) is 12.1 Å². The monoisotopic (exact) mass is 230 g/mol. The summed E-state index contributed by atoms with van der Waals surface area (Å²) in [5.41, 5.74) is 8.63. The van der Waals surface area contributed by atoms with Gasteiger partial charge in [-0.3, -0.25) is 4.79 Å². The molecule has 17 heavy (non-hydrogen) atoms. The Labute approximate surface area is 99.1 Å². The number of carboxylic acids is 1. The van der Waals surface area contributed by atoms with Crippen LogP contribution in [0.2, 0.25) is 0 Å². The number of aromatic amines is 1. The highest BCUT2D eigenvalue weighted by Crippen LogP contribution is 2.23. The summed E-state index contributed by atoms with van der Waals surface area (Å²) in [6.07, 6.45) is 0.542. The van der Waals surface area contributed by atoms with E-state index in [1.54, 1.807) is 0 Å². The van der Waals surface area contributed by atoms with Crippen molar-refractivity contribution in [2.75, 3.05) is 5.73 Å². The van der Waals surface area contributed by atoms with Gasteiger partial charge in [-0.1, -0.05) is 30.3 Å². The van der Waals surface area contributed by atoms with Crippen LogP contribution in [0.25, 0.3) is 11.3 Å². The van der Waals surface area contributed by atoms with E-state index in [9.17, 15) is 4.79 Å². The molecule has 4 heteroatoms. The van der Waals surface area contributed by atoms with Crippen LogP contribution < -0.4 is 5.73 Å². The Morgan fingerprint density at radius 2 is 2.00 bits per heavy atom. The number of aryl methyl sites for hydroxylation is 1. The number of aromatic nitrogens is 1. The zero-order valence-corrected chi connectivity index (χ0v) is 9.31. The highest BCUT2D eigenvalue weighted by Gasteiger charge is 2.08. The Kier molecular flexibility index (Phi) is 3.14. The Hall–Kier alpha value is -2.23. The summed E-state index contributed by atoms with van der Waals surface area (Å²) in [6, 6.07) is 11.7. The van der Waals surface area contributed by atoms with E-state index in [2.05, 4.69) is 4.98 Å². The lowest BCUT2D eigenvalue weighted by molar-refractivity contribution is -0.136. The molecule has 0 aliphatic heterocycles. The SMILES string of the molecule is Nc1[nH]c(-c2ccccc2)cc1CCC(=O)O. The molecule has 0 saturated carbocycles. The predicted octanol–water partition coefficient (Wildman–Crippen LogP) is 2.28. The van der Waals surface area contributed by atoms with Crippen LogP contribution in [0, 0.1) is 0 Å². The van der Waals surface area contributed by atoms with Crippen LogP contribution in [0.1, 0.15) is 12.0 Å². The normalized spacial score (nSPS) is 10.4. The van der Waals surface area contributed by atoms with Crippen LogP contribution in [0.3, 0.4) is 0 Å². The molecule has 2 rings (SSSR count). The maximum atomic E-state index is 10.5. The highest BCUT2D eigenvalue weighted by atomic mass is 16.4. The summed E-state index contributed by atoms with van der Waals surface area (Å²) in [5, 5.41) is 8.64. The maximum absolute atomic E-state index is 10.5. The van der Waals surface area contributed by atoms with Gasteiger partial charge in [0.1, 0.15) is 5.82 Å². The Morgan fingerprint density at radius 3 is 2.65 bits per heavy atom. The minimum atomic E-state index is -0.813. The van der Waals surface area contributed by atoms with Crippen molar-refractivity contribution in [1.82, 2.24) is 4.98 Å². The number of nitrogen functional groups attached to an aromatic ring is 1. The van der Waals surface area contributed by atoms with Crippen LogP contribution in [-0.2, 0) is 11.2 Å². The lowest BCUT2D eigenvalue weighted by Crippen LogP contribution is -1.98. The number of carboxylic acid groups (broad SMARTS) is 1. The third-order valence-corrected chi connectivity index (χ3v) is 2.63. The molecular formula is C13H14N2O2. The van der Waals surface area contributed by atoms with Gasteiger partial charge in [-0.05, 0) is 23.6 Å². The molecule has 4 nitrogen and oxygen atoms in total. The molecule has 2 aromatic rings. The first kappa shape index (κ1) is 11.3. The summed E-state index contributed by atoms with van der Waals surface area (Å²) >= 11 is 0. The largest absolute Gasteiger partial charge is 0.481 e. The molecule has 0 aliphatic rings. The minimum Gasteiger partial charge on any atom is -0.481 e. The van der Waals surface area contributed by atoms with E-state index in [4.69, 9.17) is 10.8 Å².